The highest BCUT2D eigenvalue weighted by Crippen LogP contribution is 2.22. The molecule has 110 valence electrons. The number of benzene rings is 2. The molecule has 0 saturated carbocycles. The fraction of sp³-hybridized carbons (Fsp3) is 0.222. The second kappa shape index (κ2) is 7.91. The van der Waals surface area contributed by atoms with Gasteiger partial charge in [0.25, 0.3) is 0 Å². The number of aliphatic hydroxyl groups is 1. The van der Waals surface area contributed by atoms with E-state index in [0.29, 0.717) is 6.42 Å². The predicted molar refractivity (Wildman–Crippen MR) is 88.3 cm³/mol. The second-order valence-corrected chi connectivity index (χ2v) is 6.25. The highest BCUT2D eigenvalue weighted by atomic mass is 32.2. The Morgan fingerprint density at radius 2 is 1.76 bits per heavy atom. The quantitative estimate of drug-likeness (QED) is 0.878. The molecule has 3 heteroatoms. The Morgan fingerprint density at radius 3 is 2.38 bits per heavy atom. The molecule has 1 atom stereocenters. The van der Waals surface area contributed by atoms with Crippen molar-refractivity contribution in [1.82, 2.24) is 0 Å². The summed E-state index contributed by atoms with van der Waals surface area (Å²) in [5, 5.41) is 10.8. The van der Waals surface area contributed by atoms with Crippen molar-refractivity contribution >= 4 is 16.4 Å². The fourth-order valence-electron chi connectivity index (χ4n) is 2.06. The molecular formula is C18H20O2S. The van der Waals surface area contributed by atoms with Gasteiger partial charge in [0.15, 0.2) is 0 Å². The SMILES string of the molecule is Cc1ccc([S@](=O)/C=C(\CCCO)c2ccccc2)cc1. The summed E-state index contributed by atoms with van der Waals surface area (Å²) in [4.78, 5) is 0.804. The number of rotatable bonds is 6. The Hall–Kier alpha value is -1.71. The third-order valence-electron chi connectivity index (χ3n) is 3.25. The van der Waals surface area contributed by atoms with E-state index >= 15 is 0 Å². The fourth-order valence-corrected chi connectivity index (χ4v) is 3.12. The van der Waals surface area contributed by atoms with Crippen LogP contribution in [0.1, 0.15) is 24.0 Å². The van der Waals surface area contributed by atoms with Gasteiger partial charge >= 0.3 is 0 Å². The van der Waals surface area contributed by atoms with E-state index in [-0.39, 0.29) is 6.61 Å². The van der Waals surface area contributed by atoms with Crippen molar-refractivity contribution in [3.63, 3.8) is 0 Å². The summed E-state index contributed by atoms with van der Waals surface area (Å²) < 4.78 is 12.5. The molecule has 2 aromatic rings. The van der Waals surface area contributed by atoms with Gasteiger partial charge in [-0.15, -0.1) is 0 Å². The van der Waals surface area contributed by atoms with E-state index in [9.17, 15) is 4.21 Å². The molecule has 0 aromatic heterocycles. The van der Waals surface area contributed by atoms with Gasteiger partial charge in [0, 0.05) is 16.9 Å². The predicted octanol–water partition coefficient (Wildman–Crippen LogP) is 3.92. The normalized spacial score (nSPS) is 13.1. The average molecular weight is 300 g/mol. The van der Waals surface area contributed by atoms with Gasteiger partial charge in [-0.3, -0.25) is 0 Å². The maximum absolute atomic E-state index is 12.5. The van der Waals surface area contributed by atoms with Gasteiger partial charge in [-0.05, 0) is 43.0 Å². The summed E-state index contributed by atoms with van der Waals surface area (Å²) in [5.41, 5.74) is 3.23. The lowest BCUT2D eigenvalue weighted by molar-refractivity contribution is 0.290. The van der Waals surface area contributed by atoms with E-state index in [1.165, 1.54) is 0 Å². The van der Waals surface area contributed by atoms with Crippen molar-refractivity contribution in [2.75, 3.05) is 6.61 Å². The third-order valence-corrected chi connectivity index (χ3v) is 4.49. The Labute approximate surface area is 128 Å². The summed E-state index contributed by atoms with van der Waals surface area (Å²) >= 11 is 0. The first kappa shape index (κ1) is 15.7. The van der Waals surface area contributed by atoms with Crippen molar-refractivity contribution < 1.29 is 9.32 Å². The van der Waals surface area contributed by atoms with Gasteiger partial charge in [0.1, 0.15) is 0 Å². The van der Waals surface area contributed by atoms with Crippen LogP contribution in [0, 0.1) is 6.92 Å². The summed E-state index contributed by atoms with van der Waals surface area (Å²) in [6.45, 7) is 2.15. The molecule has 2 aromatic carbocycles. The zero-order chi connectivity index (χ0) is 15.1. The smallest absolute Gasteiger partial charge is 0.0778 e. The molecule has 0 unspecified atom stereocenters. The second-order valence-electron chi connectivity index (χ2n) is 4.95. The molecule has 2 nitrogen and oxygen atoms in total. The Kier molecular flexibility index (Phi) is 5.90. The van der Waals surface area contributed by atoms with Gasteiger partial charge < -0.3 is 5.11 Å². The van der Waals surface area contributed by atoms with Gasteiger partial charge in [-0.1, -0.05) is 48.0 Å². The van der Waals surface area contributed by atoms with Crippen LogP contribution in [0.2, 0.25) is 0 Å². The molecule has 0 saturated heterocycles. The van der Waals surface area contributed by atoms with E-state index in [1.807, 2.05) is 61.5 Å². The van der Waals surface area contributed by atoms with Crippen LogP contribution >= 0.6 is 0 Å². The highest BCUT2D eigenvalue weighted by Gasteiger charge is 2.06. The molecule has 0 radical (unpaired) electrons. The molecule has 0 aliphatic heterocycles. The number of allylic oxidation sites excluding steroid dienone is 1. The molecule has 2 rings (SSSR count). The van der Waals surface area contributed by atoms with E-state index in [2.05, 4.69) is 0 Å². The van der Waals surface area contributed by atoms with E-state index < -0.39 is 10.8 Å². The first-order chi connectivity index (χ1) is 10.2. The largest absolute Gasteiger partial charge is 0.396 e. The van der Waals surface area contributed by atoms with E-state index in [0.717, 1.165) is 28.0 Å². The Balaban J connectivity index is 2.27. The van der Waals surface area contributed by atoms with Crippen molar-refractivity contribution in [3.05, 3.63) is 71.1 Å². The molecule has 0 spiro atoms. The lowest BCUT2D eigenvalue weighted by Gasteiger charge is -2.07. The minimum Gasteiger partial charge on any atom is -0.396 e. The van der Waals surface area contributed by atoms with Crippen molar-refractivity contribution in [1.29, 1.82) is 0 Å². The molecule has 1 N–H and O–H groups in total. The topological polar surface area (TPSA) is 37.3 Å². The zero-order valence-electron chi connectivity index (χ0n) is 12.2. The van der Waals surface area contributed by atoms with Crippen LogP contribution in [0.15, 0.2) is 64.9 Å². The highest BCUT2D eigenvalue weighted by molar-refractivity contribution is 7.88. The van der Waals surface area contributed by atoms with Crippen LogP contribution in [0.4, 0.5) is 0 Å². The van der Waals surface area contributed by atoms with Crippen LogP contribution in [-0.2, 0) is 10.8 Å². The number of aliphatic hydroxyl groups excluding tert-OH is 1. The molecule has 21 heavy (non-hydrogen) atoms. The summed E-state index contributed by atoms with van der Waals surface area (Å²) in [6, 6.07) is 17.7. The minimum absolute atomic E-state index is 0.140. The van der Waals surface area contributed by atoms with Crippen molar-refractivity contribution in [2.24, 2.45) is 0 Å². The number of aryl methyl sites for hydroxylation is 1. The zero-order valence-corrected chi connectivity index (χ0v) is 13.0. The van der Waals surface area contributed by atoms with Crippen LogP contribution in [-0.4, -0.2) is 15.9 Å². The molecule has 0 aliphatic rings. The third kappa shape index (κ3) is 4.66. The van der Waals surface area contributed by atoms with Gasteiger partial charge in [0.2, 0.25) is 0 Å². The summed E-state index contributed by atoms with van der Waals surface area (Å²) in [5.74, 6) is 0. The molecule has 0 aliphatic carbocycles. The van der Waals surface area contributed by atoms with E-state index in [1.54, 1.807) is 5.41 Å². The van der Waals surface area contributed by atoms with Crippen LogP contribution in [0.25, 0.3) is 5.57 Å². The Bertz CT molecular complexity index is 615. The summed E-state index contributed by atoms with van der Waals surface area (Å²) in [6.07, 6.45) is 1.39. The maximum atomic E-state index is 12.5. The molecular weight excluding hydrogens is 280 g/mol. The first-order valence-corrected chi connectivity index (χ1v) is 8.26. The maximum Gasteiger partial charge on any atom is 0.0778 e. The minimum atomic E-state index is -1.17. The van der Waals surface area contributed by atoms with Crippen LogP contribution < -0.4 is 0 Å². The van der Waals surface area contributed by atoms with Gasteiger partial charge in [-0.25, -0.2) is 4.21 Å². The first-order valence-electron chi connectivity index (χ1n) is 7.05. The number of hydrogen-bond acceptors (Lipinski definition) is 2. The lowest BCUT2D eigenvalue weighted by atomic mass is 10.0. The van der Waals surface area contributed by atoms with E-state index in [4.69, 9.17) is 5.11 Å². The molecule has 0 heterocycles. The van der Waals surface area contributed by atoms with Crippen molar-refractivity contribution in [3.8, 4) is 0 Å². The molecule has 0 amide bonds. The monoisotopic (exact) mass is 300 g/mol. The summed E-state index contributed by atoms with van der Waals surface area (Å²) in [7, 11) is -1.17. The lowest BCUT2D eigenvalue weighted by Crippen LogP contribution is -1.93. The number of hydrogen-bond donors (Lipinski definition) is 1. The standard InChI is InChI=1S/C18H20O2S/c1-15-9-11-18(12-10-15)21(20)14-17(8-5-13-19)16-6-3-2-4-7-16/h2-4,6-7,9-12,14,19H,5,8,13H2,1H3/b17-14+/t21-/m1/s1. The average Bonchev–Trinajstić information content (AvgIpc) is 2.52. The Morgan fingerprint density at radius 1 is 1.10 bits per heavy atom. The molecule has 0 fully saturated rings. The van der Waals surface area contributed by atoms with Gasteiger partial charge in [0.05, 0.1) is 10.8 Å². The molecule has 0 bridgehead atoms. The van der Waals surface area contributed by atoms with Gasteiger partial charge in [-0.2, -0.15) is 0 Å². The van der Waals surface area contributed by atoms with Crippen LogP contribution in [0.3, 0.4) is 0 Å². The van der Waals surface area contributed by atoms with Crippen molar-refractivity contribution in [2.45, 2.75) is 24.7 Å². The van der Waals surface area contributed by atoms with Crippen LogP contribution in [0.5, 0.6) is 0 Å².